The topological polar surface area (TPSA) is 161 Å². The van der Waals surface area contributed by atoms with Gasteiger partial charge in [0.1, 0.15) is 0 Å². The molecule has 3 aromatic carbocycles. The summed E-state index contributed by atoms with van der Waals surface area (Å²) in [7, 11) is 0. The van der Waals surface area contributed by atoms with E-state index in [0.717, 1.165) is 36.4 Å². The fourth-order valence-corrected chi connectivity index (χ4v) is 2.92. The van der Waals surface area contributed by atoms with Crippen molar-refractivity contribution in [3.05, 3.63) is 106 Å². The third kappa shape index (κ3) is 10.5. The maximum atomic E-state index is 12.6. The molecule has 0 aliphatic rings. The third-order valence-corrected chi connectivity index (χ3v) is 4.49. The number of carbonyl (C=O) groups is 6. The summed E-state index contributed by atoms with van der Waals surface area (Å²) in [5, 5.41) is 18.4. The van der Waals surface area contributed by atoms with Crippen LogP contribution in [0.15, 0.2) is 72.8 Å². The molecular formula is C24H18K2Na2O10. The Morgan fingerprint density at radius 3 is 0.816 bits per heavy atom. The van der Waals surface area contributed by atoms with Gasteiger partial charge in [-0.3, -0.25) is 0 Å². The number of esters is 4. The molecule has 178 valence electrons. The van der Waals surface area contributed by atoms with Crippen LogP contribution in [0.4, 0.5) is 0 Å². The number of hydrogen-bond donors (Lipinski definition) is 2. The normalized spacial score (nSPS) is 9.05. The van der Waals surface area contributed by atoms with Crippen LogP contribution in [0.2, 0.25) is 0 Å². The van der Waals surface area contributed by atoms with Gasteiger partial charge in [-0.25, -0.2) is 28.8 Å². The summed E-state index contributed by atoms with van der Waals surface area (Å²) in [6.07, 6.45) is 0. The van der Waals surface area contributed by atoms with Crippen molar-refractivity contribution in [2.24, 2.45) is 0 Å². The molecule has 0 radical (unpaired) electrons. The standard InChI is InChI=1S/C24H14O10.2K.2Na.4H/c25-19(26)13-7-1-3-9-15(13)21(29)33-23(31)17-11-5-6-12-18(17)24(32)34-22(30)16-10-4-2-8-14(16)20(27)28;;;;;;;;/h1-12H,(H,25,26)(H,27,28);;;;;;;;. The molecule has 0 bridgehead atoms. The molecule has 0 unspecified atom stereocenters. The van der Waals surface area contributed by atoms with Gasteiger partial charge < -0.3 is 19.7 Å². The first-order valence-corrected chi connectivity index (χ1v) is 9.47. The van der Waals surface area contributed by atoms with E-state index in [-0.39, 0.29) is 173 Å². The predicted molar refractivity (Wildman–Crippen MR) is 141 cm³/mol. The van der Waals surface area contributed by atoms with Crippen LogP contribution in [0.3, 0.4) is 0 Å². The second-order valence-corrected chi connectivity index (χ2v) is 6.60. The average molecular weight is 591 g/mol. The van der Waals surface area contributed by atoms with Crippen molar-refractivity contribution in [3.8, 4) is 0 Å². The first-order chi connectivity index (χ1) is 16.2. The van der Waals surface area contributed by atoms with Crippen LogP contribution >= 0.6 is 0 Å². The molecule has 3 aromatic rings. The van der Waals surface area contributed by atoms with E-state index < -0.39 is 58.1 Å². The third-order valence-electron chi connectivity index (χ3n) is 4.49. The molecule has 10 nitrogen and oxygen atoms in total. The fourth-order valence-electron chi connectivity index (χ4n) is 2.92. The van der Waals surface area contributed by atoms with Crippen molar-refractivity contribution in [2.45, 2.75) is 0 Å². The monoisotopic (exact) mass is 590 g/mol. The Balaban J connectivity index is 0. The van der Waals surface area contributed by atoms with Crippen LogP contribution < -0.4 is 0 Å². The molecule has 0 aromatic heterocycles. The molecule has 0 aliphatic heterocycles. The van der Waals surface area contributed by atoms with Gasteiger partial charge in [0.15, 0.2) is 0 Å². The molecule has 0 heterocycles. The van der Waals surface area contributed by atoms with Crippen molar-refractivity contribution in [1.82, 2.24) is 0 Å². The second-order valence-electron chi connectivity index (χ2n) is 6.60. The number of carboxylic acids is 2. The summed E-state index contributed by atoms with van der Waals surface area (Å²) in [5.41, 5.74) is -2.43. The SMILES string of the molecule is O=C(O)c1ccccc1C(=O)OC(=O)c1ccccc1C(=O)OC(=O)c1ccccc1C(=O)O.[KH].[KH].[NaH].[NaH]. The Morgan fingerprint density at radius 1 is 0.421 bits per heavy atom. The summed E-state index contributed by atoms with van der Waals surface area (Å²) >= 11 is 0. The fraction of sp³-hybridized carbons (Fsp3) is 0. The molecule has 0 aliphatic carbocycles. The quantitative estimate of drug-likeness (QED) is 0.235. The van der Waals surface area contributed by atoms with Gasteiger partial charge in [0.05, 0.1) is 33.4 Å². The Morgan fingerprint density at radius 2 is 0.605 bits per heavy atom. The molecule has 0 amide bonds. The summed E-state index contributed by atoms with van der Waals surface area (Å²) in [6.45, 7) is 0. The molecule has 0 saturated heterocycles. The summed E-state index contributed by atoms with van der Waals surface area (Å²) in [4.78, 5) is 72.5. The van der Waals surface area contributed by atoms with Crippen molar-refractivity contribution >= 4 is 198 Å². The van der Waals surface area contributed by atoms with E-state index in [2.05, 4.69) is 0 Å². The number of carboxylic acid groups (broad SMARTS) is 2. The van der Waals surface area contributed by atoms with Gasteiger partial charge in [0.2, 0.25) is 0 Å². The Bertz CT molecular complexity index is 1260. The van der Waals surface area contributed by atoms with E-state index in [1.807, 2.05) is 0 Å². The zero-order valence-electron chi connectivity index (χ0n) is 17.1. The maximum absolute atomic E-state index is 12.6. The van der Waals surface area contributed by atoms with Gasteiger partial charge in [-0.1, -0.05) is 36.4 Å². The summed E-state index contributed by atoms with van der Waals surface area (Å²) < 4.78 is 9.47. The number of carbonyl (C=O) groups excluding carboxylic acids is 4. The predicted octanol–water partition coefficient (Wildman–Crippen LogP) is 0.483. The molecule has 38 heavy (non-hydrogen) atoms. The molecule has 0 fully saturated rings. The van der Waals surface area contributed by atoms with Gasteiger partial charge >= 0.3 is 198 Å². The van der Waals surface area contributed by atoms with E-state index >= 15 is 0 Å². The summed E-state index contributed by atoms with van der Waals surface area (Å²) in [5.74, 6) is -7.95. The Kier molecular flexibility index (Phi) is 20.5. The van der Waals surface area contributed by atoms with Crippen molar-refractivity contribution in [3.63, 3.8) is 0 Å². The molecule has 0 atom stereocenters. The van der Waals surface area contributed by atoms with E-state index in [0.29, 0.717) is 0 Å². The number of rotatable bonds is 6. The Labute approximate surface area is 345 Å². The first-order valence-electron chi connectivity index (χ1n) is 9.47. The molecule has 3 rings (SSSR count). The van der Waals surface area contributed by atoms with Gasteiger partial charge in [0.25, 0.3) is 0 Å². The minimum atomic E-state index is -1.41. The van der Waals surface area contributed by atoms with Crippen LogP contribution in [-0.4, -0.2) is 208 Å². The van der Waals surface area contributed by atoms with E-state index in [4.69, 9.17) is 9.47 Å². The second kappa shape index (κ2) is 19.3. The summed E-state index contributed by atoms with van der Waals surface area (Å²) in [6, 6.07) is 15.1. The van der Waals surface area contributed by atoms with Crippen molar-refractivity contribution in [1.29, 1.82) is 0 Å². The number of ether oxygens (including phenoxy) is 2. The zero-order chi connectivity index (χ0) is 24.8. The van der Waals surface area contributed by atoms with Crippen molar-refractivity contribution in [2.75, 3.05) is 0 Å². The van der Waals surface area contributed by atoms with E-state index in [9.17, 15) is 39.0 Å². The number of benzene rings is 3. The van der Waals surface area contributed by atoms with Crippen molar-refractivity contribution < 1.29 is 48.5 Å². The van der Waals surface area contributed by atoms with Gasteiger partial charge in [-0.05, 0) is 36.4 Å². The molecule has 0 saturated carbocycles. The van der Waals surface area contributed by atoms with Crippen LogP contribution in [0, 0.1) is 0 Å². The van der Waals surface area contributed by atoms with E-state index in [1.54, 1.807) is 0 Å². The molecular weight excluding hydrogens is 572 g/mol. The molecule has 2 N–H and O–H groups in total. The number of aromatic carboxylic acids is 2. The van der Waals surface area contributed by atoms with Crippen LogP contribution in [-0.2, 0) is 9.47 Å². The molecule has 0 spiro atoms. The number of hydrogen-bond acceptors (Lipinski definition) is 8. The van der Waals surface area contributed by atoms with Crippen LogP contribution in [0.1, 0.15) is 62.1 Å². The van der Waals surface area contributed by atoms with Gasteiger partial charge in [-0.15, -0.1) is 0 Å². The van der Waals surface area contributed by atoms with Crippen LogP contribution in [0.5, 0.6) is 0 Å². The van der Waals surface area contributed by atoms with Gasteiger partial charge in [0, 0.05) is 0 Å². The first kappa shape index (κ1) is 40.3. The average Bonchev–Trinajstić information content (AvgIpc) is 2.83. The van der Waals surface area contributed by atoms with Crippen LogP contribution in [0.25, 0.3) is 0 Å². The Hall–Kier alpha value is 0.153. The van der Waals surface area contributed by atoms with E-state index in [1.165, 1.54) is 36.4 Å². The minimum absolute atomic E-state index is 0. The van der Waals surface area contributed by atoms with Gasteiger partial charge in [-0.2, -0.15) is 0 Å². The molecule has 14 heteroatoms. The zero-order valence-corrected chi connectivity index (χ0v) is 17.1.